The number of aryl methyl sites for hydroxylation is 1. The molecule has 0 saturated carbocycles. The van der Waals surface area contributed by atoms with E-state index in [0.29, 0.717) is 17.6 Å². The lowest BCUT2D eigenvalue weighted by atomic mass is 9.82. The Morgan fingerprint density at radius 3 is 2.42 bits per heavy atom. The largest absolute Gasteiger partial charge is 0.454 e. The van der Waals surface area contributed by atoms with Crippen LogP contribution in [0, 0.1) is 0 Å². The lowest BCUT2D eigenvalue weighted by molar-refractivity contribution is -0.141. The minimum Gasteiger partial charge on any atom is -0.454 e. The number of carbonyl (C=O) groups excluding carboxylic acids is 3. The lowest BCUT2D eigenvalue weighted by Gasteiger charge is -2.34. The first-order chi connectivity index (χ1) is 11.6. The topological polar surface area (TPSA) is 69.7 Å². The SMILES string of the molecule is O=C1CC2OC(CCc3ccccc3)C3=C(C(=O)C=CC3=O)C2O1. The van der Waals surface area contributed by atoms with Gasteiger partial charge in [0.15, 0.2) is 17.7 Å². The van der Waals surface area contributed by atoms with Crippen LogP contribution >= 0.6 is 0 Å². The predicted octanol–water partition coefficient (Wildman–Crippen LogP) is 1.71. The summed E-state index contributed by atoms with van der Waals surface area (Å²) in [7, 11) is 0. The van der Waals surface area contributed by atoms with Crippen molar-refractivity contribution < 1.29 is 23.9 Å². The van der Waals surface area contributed by atoms with Crippen LogP contribution in [0.1, 0.15) is 18.4 Å². The van der Waals surface area contributed by atoms with E-state index in [9.17, 15) is 14.4 Å². The van der Waals surface area contributed by atoms with Crippen molar-refractivity contribution >= 4 is 17.5 Å². The second-order valence-corrected chi connectivity index (χ2v) is 6.19. The Balaban J connectivity index is 1.65. The number of benzene rings is 1. The van der Waals surface area contributed by atoms with Gasteiger partial charge >= 0.3 is 5.97 Å². The average Bonchev–Trinajstić information content (AvgIpc) is 2.96. The van der Waals surface area contributed by atoms with Crippen molar-refractivity contribution in [2.24, 2.45) is 0 Å². The fourth-order valence-electron chi connectivity index (χ4n) is 3.56. The molecule has 3 atom stereocenters. The van der Waals surface area contributed by atoms with Crippen LogP contribution in [0.5, 0.6) is 0 Å². The monoisotopic (exact) mass is 324 g/mol. The first kappa shape index (κ1) is 15.0. The first-order valence-corrected chi connectivity index (χ1v) is 8.03. The molecule has 0 radical (unpaired) electrons. The molecule has 3 aliphatic rings. The molecule has 1 aromatic rings. The van der Waals surface area contributed by atoms with Gasteiger partial charge in [-0.15, -0.1) is 0 Å². The Morgan fingerprint density at radius 2 is 1.67 bits per heavy atom. The van der Waals surface area contributed by atoms with Crippen molar-refractivity contribution in [1.29, 1.82) is 0 Å². The van der Waals surface area contributed by atoms with E-state index < -0.39 is 24.3 Å². The summed E-state index contributed by atoms with van der Waals surface area (Å²) in [4.78, 5) is 36.3. The molecule has 1 aromatic carbocycles. The van der Waals surface area contributed by atoms with Gasteiger partial charge in [-0.2, -0.15) is 0 Å². The third-order valence-corrected chi connectivity index (χ3v) is 4.65. The highest BCUT2D eigenvalue weighted by atomic mass is 16.6. The Kier molecular flexibility index (Phi) is 3.65. The molecule has 3 unspecified atom stereocenters. The predicted molar refractivity (Wildman–Crippen MR) is 84.1 cm³/mol. The Bertz CT molecular complexity index is 774. The lowest BCUT2D eigenvalue weighted by Crippen LogP contribution is -2.44. The van der Waals surface area contributed by atoms with E-state index in [1.165, 1.54) is 12.2 Å². The van der Waals surface area contributed by atoms with Crippen molar-refractivity contribution in [2.45, 2.75) is 37.6 Å². The van der Waals surface area contributed by atoms with E-state index in [1.807, 2.05) is 30.3 Å². The number of carbonyl (C=O) groups is 3. The van der Waals surface area contributed by atoms with Crippen LogP contribution in [-0.4, -0.2) is 35.8 Å². The van der Waals surface area contributed by atoms with Gasteiger partial charge in [0, 0.05) is 5.57 Å². The summed E-state index contributed by atoms with van der Waals surface area (Å²) in [5, 5.41) is 0. The van der Waals surface area contributed by atoms with E-state index in [-0.39, 0.29) is 18.0 Å². The smallest absolute Gasteiger partial charge is 0.309 e. The summed E-state index contributed by atoms with van der Waals surface area (Å²) >= 11 is 0. The van der Waals surface area contributed by atoms with Gasteiger partial charge in [-0.3, -0.25) is 14.4 Å². The second-order valence-electron chi connectivity index (χ2n) is 6.19. The summed E-state index contributed by atoms with van der Waals surface area (Å²) < 4.78 is 11.2. The molecule has 1 aliphatic carbocycles. The highest BCUT2D eigenvalue weighted by molar-refractivity contribution is 6.21. The zero-order valence-electron chi connectivity index (χ0n) is 12.9. The fraction of sp³-hybridized carbons (Fsp3) is 0.316. The molecule has 2 heterocycles. The summed E-state index contributed by atoms with van der Waals surface area (Å²) in [6.45, 7) is 0. The number of hydrogen-bond donors (Lipinski definition) is 0. The van der Waals surface area contributed by atoms with Crippen molar-refractivity contribution in [1.82, 2.24) is 0 Å². The average molecular weight is 324 g/mol. The summed E-state index contributed by atoms with van der Waals surface area (Å²) in [5.74, 6) is -0.887. The number of esters is 1. The van der Waals surface area contributed by atoms with Crippen LogP contribution < -0.4 is 0 Å². The number of allylic oxidation sites excluding steroid dienone is 2. The van der Waals surface area contributed by atoms with Crippen LogP contribution in [0.2, 0.25) is 0 Å². The van der Waals surface area contributed by atoms with Gasteiger partial charge in [0.2, 0.25) is 0 Å². The van der Waals surface area contributed by atoms with E-state index in [2.05, 4.69) is 0 Å². The molecular formula is C19H16O5. The maximum absolute atomic E-state index is 12.3. The summed E-state index contributed by atoms with van der Waals surface area (Å²) in [5.41, 5.74) is 1.80. The highest BCUT2D eigenvalue weighted by Crippen LogP contribution is 2.38. The van der Waals surface area contributed by atoms with E-state index in [0.717, 1.165) is 12.0 Å². The summed E-state index contributed by atoms with van der Waals surface area (Å²) in [6.07, 6.45) is 2.22. The molecule has 0 bridgehead atoms. The number of fused-ring (bicyclic) bond motifs is 2. The molecule has 1 saturated heterocycles. The number of rotatable bonds is 3. The molecular weight excluding hydrogens is 308 g/mol. The van der Waals surface area contributed by atoms with Gasteiger partial charge in [-0.25, -0.2) is 0 Å². The first-order valence-electron chi connectivity index (χ1n) is 8.03. The van der Waals surface area contributed by atoms with E-state index >= 15 is 0 Å². The molecule has 1 fully saturated rings. The molecule has 5 nitrogen and oxygen atoms in total. The molecule has 0 aromatic heterocycles. The molecule has 0 N–H and O–H groups in total. The number of hydrogen-bond acceptors (Lipinski definition) is 5. The second kappa shape index (κ2) is 5.83. The van der Waals surface area contributed by atoms with Gasteiger partial charge in [0.05, 0.1) is 18.1 Å². The minimum absolute atomic E-state index is 0.120. The van der Waals surface area contributed by atoms with E-state index in [4.69, 9.17) is 9.47 Å². The maximum atomic E-state index is 12.3. The zero-order chi connectivity index (χ0) is 16.7. The fourth-order valence-corrected chi connectivity index (χ4v) is 3.56. The van der Waals surface area contributed by atoms with Gasteiger partial charge in [0.25, 0.3) is 0 Å². The maximum Gasteiger partial charge on any atom is 0.309 e. The van der Waals surface area contributed by atoms with Crippen molar-refractivity contribution in [3.8, 4) is 0 Å². The third kappa shape index (κ3) is 2.51. The highest BCUT2D eigenvalue weighted by Gasteiger charge is 2.49. The molecule has 5 heteroatoms. The van der Waals surface area contributed by atoms with Crippen LogP contribution in [0.15, 0.2) is 53.6 Å². The van der Waals surface area contributed by atoms with E-state index in [1.54, 1.807) is 0 Å². The minimum atomic E-state index is -0.748. The Morgan fingerprint density at radius 1 is 0.958 bits per heavy atom. The van der Waals surface area contributed by atoms with Crippen LogP contribution in [0.4, 0.5) is 0 Å². The number of ketones is 2. The van der Waals surface area contributed by atoms with Crippen molar-refractivity contribution in [3.63, 3.8) is 0 Å². The molecule has 24 heavy (non-hydrogen) atoms. The molecule has 0 spiro atoms. The van der Waals surface area contributed by atoms with Gasteiger partial charge in [-0.05, 0) is 30.6 Å². The third-order valence-electron chi connectivity index (χ3n) is 4.65. The Labute approximate surface area is 138 Å². The van der Waals surface area contributed by atoms with Crippen LogP contribution in [0.3, 0.4) is 0 Å². The van der Waals surface area contributed by atoms with Crippen molar-refractivity contribution in [3.05, 3.63) is 59.2 Å². The molecule has 4 rings (SSSR count). The van der Waals surface area contributed by atoms with Gasteiger partial charge in [-0.1, -0.05) is 30.3 Å². The quantitative estimate of drug-likeness (QED) is 0.625. The van der Waals surface area contributed by atoms with Crippen LogP contribution in [-0.2, 0) is 30.3 Å². The number of ether oxygens (including phenoxy) is 2. The van der Waals surface area contributed by atoms with Crippen LogP contribution in [0.25, 0.3) is 0 Å². The summed E-state index contributed by atoms with van der Waals surface area (Å²) in [6, 6.07) is 9.88. The zero-order valence-corrected chi connectivity index (χ0v) is 12.9. The Hall–Kier alpha value is -2.53. The normalized spacial score (nSPS) is 28.7. The molecule has 0 amide bonds. The van der Waals surface area contributed by atoms with Crippen molar-refractivity contribution in [2.75, 3.05) is 0 Å². The molecule has 2 aliphatic heterocycles. The van der Waals surface area contributed by atoms with Gasteiger partial charge in [0.1, 0.15) is 6.10 Å². The standard InChI is InChI=1S/C19H16O5/c20-12-7-8-13(21)18-17(12)14(9-6-11-4-2-1-3-5-11)23-15-10-16(22)24-19(15)18/h1-5,7-8,14-15,19H,6,9-10H2. The van der Waals surface area contributed by atoms with Gasteiger partial charge < -0.3 is 9.47 Å². The molecule has 122 valence electrons.